The molecule has 156 valence electrons. The van der Waals surface area contributed by atoms with E-state index in [1.165, 1.54) is 24.8 Å². The number of thiazole rings is 1. The molecule has 0 aliphatic heterocycles. The summed E-state index contributed by atoms with van der Waals surface area (Å²) in [5.41, 5.74) is 0.708. The Labute approximate surface area is 176 Å². The first kappa shape index (κ1) is 20.2. The van der Waals surface area contributed by atoms with Crippen LogP contribution >= 0.6 is 11.3 Å². The van der Waals surface area contributed by atoms with E-state index in [1.54, 1.807) is 6.07 Å². The zero-order valence-electron chi connectivity index (χ0n) is 15.7. The standard InChI is InChI=1S/C18H18N6O4S2/c25-15(11-3-1-2-4-11)12-5-6-19-9-13(12)23-16(26)24-17-22-10-14(29-17)30(27,28)18-20-7-8-21-18/h5-11H,1-4H2,(H,20,21)(H2,22,23,24,26). The smallest absolute Gasteiger partial charge is 0.325 e. The van der Waals surface area contributed by atoms with Gasteiger partial charge in [0.15, 0.2) is 10.9 Å². The van der Waals surface area contributed by atoms with Crippen LogP contribution in [0.4, 0.5) is 15.6 Å². The van der Waals surface area contributed by atoms with E-state index in [0.717, 1.165) is 43.2 Å². The number of nitrogens with one attached hydrogen (secondary N) is 3. The first-order valence-corrected chi connectivity index (χ1v) is 11.5. The van der Waals surface area contributed by atoms with Gasteiger partial charge in [0.2, 0.25) is 5.16 Å². The van der Waals surface area contributed by atoms with Crippen molar-refractivity contribution in [1.29, 1.82) is 0 Å². The van der Waals surface area contributed by atoms with Crippen LogP contribution in [0.3, 0.4) is 0 Å². The maximum atomic E-state index is 12.7. The highest BCUT2D eigenvalue weighted by atomic mass is 32.2. The van der Waals surface area contributed by atoms with Crippen molar-refractivity contribution in [3.63, 3.8) is 0 Å². The van der Waals surface area contributed by atoms with Crippen LogP contribution in [-0.4, -0.2) is 40.2 Å². The number of pyridine rings is 1. The van der Waals surface area contributed by atoms with Crippen LogP contribution < -0.4 is 10.6 Å². The normalized spacial score (nSPS) is 14.5. The number of nitrogens with zero attached hydrogens (tertiary/aromatic N) is 3. The van der Waals surface area contributed by atoms with Crippen LogP contribution in [0.25, 0.3) is 0 Å². The molecule has 1 aliphatic rings. The highest BCUT2D eigenvalue weighted by Gasteiger charge is 2.27. The van der Waals surface area contributed by atoms with Crippen LogP contribution in [0.1, 0.15) is 36.0 Å². The molecule has 3 N–H and O–H groups in total. The fourth-order valence-electron chi connectivity index (χ4n) is 3.30. The summed E-state index contributed by atoms with van der Waals surface area (Å²) in [5.74, 6) is -0.0457. The second-order valence-electron chi connectivity index (χ2n) is 6.73. The Kier molecular flexibility index (Phi) is 5.59. The summed E-state index contributed by atoms with van der Waals surface area (Å²) < 4.78 is 24.8. The van der Waals surface area contributed by atoms with E-state index in [0.29, 0.717) is 11.3 Å². The van der Waals surface area contributed by atoms with E-state index in [9.17, 15) is 18.0 Å². The zero-order valence-corrected chi connectivity index (χ0v) is 17.3. The number of carbonyl (C=O) groups excluding carboxylic acids is 2. The van der Waals surface area contributed by atoms with Crippen molar-refractivity contribution in [3.8, 4) is 0 Å². The Morgan fingerprint density at radius 3 is 2.63 bits per heavy atom. The van der Waals surface area contributed by atoms with Crippen LogP contribution in [0.5, 0.6) is 0 Å². The van der Waals surface area contributed by atoms with Crippen LogP contribution in [0.2, 0.25) is 0 Å². The number of hydrogen-bond donors (Lipinski definition) is 3. The van der Waals surface area contributed by atoms with Gasteiger partial charge in [0.05, 0.1) is 18.1 Å². The van der Waals surface area contributed by atoms with E-state index in [-0.39, 0.29) is 26.2 Å². The largest absolute Gasteiger partial charge is 0.335 e. The molecule has 0 atom stereocenters. The highest BCUT2D eigenvalue weighted by Crippen LogP contribution is 2.30. The molecule has 10 nitrogen and oxygen atoms in total. The molecule has 3 heterocycles. The fourth-order valence-corrected chi connectivity index (χ4v) is 5.56. The highest BCUT2D eigenvalue weighted by molar-refractivity contribution is 7.93. The number of ketones is 1. The van der Waals surface area contributed by atoms with E-state index in [4.69, 9.17) is 0 Å². The maximum absolute atomic E-state index is 12.7. The van der Waals surface area contributed by atoms with E-state index >= 15 is 0 Å². The molecule has 0 bridgehead atoms. The Balaban J connectivity index is 1.46. The van der Waals surface area contributed by atoms with Crippen molar-refractivity contribution >= 4 is 43.8 Å². The Bertz CT molecular complexity index is 1170. The second kappa shape index (κ2) is 8.32. The number of sulfone groups is 1. The van der Waals surface area contributed by atoms with Crippen LogP contribution in [-0.2, 0) is 9.84 Å². The van der Waals surface area contributed by atoms with Crippen molar-refractivity contribution in [2.45, 2.75) is 35.0 Å². The molecule has 1 aliphatic carbocycles. The minimum atomic E-state index is -3.83. The second-order valence-corrected chi connectivity index (χ2v) is 9.85. The lowest BCUT2D eigenvalue weighted by molar-refractivity contribution is 0.0923. The number of hydrogen-bond acceptors (Lipinski definition) is 8. The Hall–Kier alpha value is -3.12. The third kappa shape index (κ3) is 4.09. The van der Waals surface area contributed by atoms with Crippen LogP contribution in [0, 0.1) is 5.92 Å². The number of rotatable bonds is 6. The van der Waals surface area contributed by atoms with Gasteiger partial charge >= 0.3 is 6.03 Å². The van der Waals surface area contributed by atoms with Crippen LogP contribution in [0.15, 0.2) is 46.4 Å². The molecule has 1 saturated carbocycles. The van der Waals surface area contributed by atoms with Gasteiger partial charge in [0.25, 0.3) is 9.84 Å². The van der Waals surface area contributed by atoms with Gasteiger partial charge in [-0.25, -0.2) is 23.2 Å². The lowest BCUT2D eigenvalue weighted by atomic mass is 9.96. The van der Waals surface area contributed by atoms with E-state index in [1.807, 2.05) is 0 Å². The first-order chi connectivity index (χ1) is 14.4. The molecule has 3 aromatic heterocycles. The molecule has 1 fully saturated rings. The van der Waals surface area contributed by atoms with Crippen molar-refractivity contribution in [2.75, 3.05) is 10.6 Å². The average Bonchev–Trinajstić information content (AvgIpc) is 3.50. The summed E-state index contributed by atoms with van der Waals surface area (Å²) in [4.78, 5) is 39.4. The minimum absolute atomic E-state index is 0.00808. The van der Waals surface area contributed by atoms with Crippen molar-refractivity contribution in [2.24, 2.45) is 5.92 Å². The lowest BCUT2D eigenvalue weighted by Gasteiger charge is -2.13. The molecule has 0 radical (unpaired) electrons. The summed E-state index contributed by atoms with van der Waals surface area (Å²) in [6.45, 7) is 0. The molecule has 12 heteroatoms. The SMILES string of the molecule is O=C(Nc1ncc(S(=O)(=O)c2ncc[nH]2)s1)Nc1cnccc1C(=O)C1CCCC1. The summed E-state index contributed by atoms with van der Waals surface area (Å²) in [6.07, 6.45) is 10.6. The summed E-state index contributed by atoms with van der Waals surface area (Å²) in [5, 5.41) is 4.98. The summed E-state index contributed by atoms with van der Waals surface area (Å²) >= 11 is 0.794. The molecule has 4 rings (SSSR count). The Morgan fingerprint density at radius 1 is 1.10 bits per heavy atom. The maximum Gasteiger partial charge on any atom is 0.325 e. The van der Waals surface area contributed by atoms with Gasteiger partial charge in [-0.05, 0) is 18.9 Å². The zero-order chi connectivity index (χ0) is 21.1. The number of Topliss-reactive ketones (excluding diaryl/α,β-unsaturated/α-hetero) is 1. The lowest BCUT2D eigenvalue weighted by Crippen LogP contribution is -2.22. The third-order valence-corrected chi connectivity index (χ3v) is 7.74. The molecule has 0 aromatic carbocycles. The number of amides is 2. The van der Waals surface area contributed by atoms with Crippen molar-refractivity contribution < 1.29 is 18.0 Å². The topological polar surface area (TPSA) is 147 Å². The van der Waals surface area contributed by atoms with Crippen molar-refractivity contribution in [3.05, 3.63) is 42.6 Å². The summed E-state index contributed by atoms with van der Waals surface area (Å²) in [7, 11) is -3.83. The molecule has 0 saturated heterocycles. The quantitative estimate of drug-likeness (QED) is 0.493. The van der Waals surface area contributed by atoms with Crippen molar-refractivity contribution in [1.82, 2.24) is 19.9 Å². The molecular formula is C18H18N6O4S2. The number of urea groups is 1. The molecule has 2 amide bonds. The van der Waals surface area contributed by atoms with E-state index < -0.39 is 15.9 Å². The number of aromatic amines is 1. The average molecular weight is 447 g/mol. The number of H-pyrrole nitrogens is 1. The van der Waals surface area contributed by atoms with E-state index in [2.05, 4.69) is 30.6 Å². The molecule has 3 aromatic rings. The predicted molar refractivity (Wildman–Crippen MR) is 109 cm³/mol. The molecular weight excluding hydrogens is 428 g/mol. The predicted octanol–water partition coefficient (Wildman–Crippen LogP) is 3.11. The monoisotopic (exact) mass is 446 g/mol. The van der Waals surface area contributed by atoms with Gasteiger partial charge in [-0.2, -0.15) is 0 Å². The van der Waals surface area contributed by atoms with Gasteiger partial charge in [0.1, 0.15) is 4.21 Å². The first-order valence-electron chi connectivity index (χ1n) is 9.21. The Morgan fingerprint density at radius 2 is 1.90 bits per heavy atom. The summed E-state index contributed by atoms with van der Waals surface area (Å²) in [6, 6.07) is 0.938. The van der Waals surface area contributed by atoms with Gasteiger partial charge in [-0.1, -0.05) is 24.2 Å². The van der Waals surface area contributed by atoms with Gasteiger partial charge < -0.3 is 10.3 Å². The fraction of sp³-hybridized carbons (Fsp3) is 0.278. The number of imidazole rings is 1. The molecule has 0 unspecified atom stereocenters. The number of carbonyl (C=O) groups is 2. The molecule has 30 heavy (non-hydrogen) atoms. The van der Waals surface area contributed by atoms with Gasteiger partial charge in [0, 0.05) is 30.1 Å². The van der Waals surface area contributed by atoms with Gasteiger partial charge in [-0.3, -0.25) is 15.1 Å². The number of aromatic nitrogens is 4. The molecule has 0 spiro atoms. The van der Waals surface area contributed by atoms with Gasteiger partial charge in [-0.15, -0.1) is 0 Å². The third-order valence-electron chi connectivity index (χ3n) is 4.76. The number of anilines is 2. The minimum Gasteiger partial charge on any atom is -0.335 e.